The lowest BCUT2D eigenvalue weighted by Gasteiger charge is -2.36. The number of amides is 2. The Morgan fingerprint density at radius 2 is 1.46 bits per heavy atom. The Labute approximate surface area is 166 Å². The van der Waals surface area contributed by atoms with Gasteiger partial charge in [-0.3, -0.25) is 14.4 Å². The van der Waals surface area contributed by atoms with Crippen molar-refractivity contribution in [3.63, 3.8) is 0 Å². The molecule has 2 heterocycles. The first-order chi connectivity index (χ1) is 13.6. The van der Waals surface area contributed by atoms with Crippen LogP contribution >= 0.6 is 0 Å². The molecule has 0 spiro atoms. The number of methoxy groups -OCH3 is 1. The number of likely N-dealkylation sites (tertiary alicyclic amines) is 2. The average Bonchev–Trinajstić information content (AvgIpc) is 2.77. The maximum absolute atomic E-state index is 12.8. The summed E-state index contributed by atoms with van der Waals surface area (Å²) >= 11 is 0. The average molecular weight is 384 g/mol. The van der Waals surface area contributed by atoms with Crippen LogP contribution in [0.15, 0.2) is 36.4 Å². The van der Waals surface area contributed by atoms with Gasteiger partial charge in [-0.25, -0.2) is 0 Å². The summed E-state index contributed by atoms with van der Waals surface area (Å²) in [6.07, 6.45) is 6.15. The largest absolute Gasteiger partial charge is 0.469 e. The zero-order chi connectivity index (χ0) is 19.9. The van der Waals surface area contributed by atoms with E-state index in [-0.39, 0.29) is 29.6 Å². The molecule has 2 aliphatic heterocycles. The molecule has 0 bridgehead atoms. The Bertz CT molecular complexity index is 715. The molecule has 1 aromatic carbocycles. The molecular formula is C22H28N2O4. The van der Waals surface area contributed by atoms with E-state index >= 15 is 0 Å². The quantitative estimate of drug-likeness (QED) is 0.590. The highest BCUT2D eigenvalue weighted by Crippen LogP contribution is 2.24. The molecule has 6 heteroatoms. The number of carbonyl (C=O) groups is 3. The molecule has 2 amide bonds. The van der Waals surface area contributed by atoms with Crippen LogP contribution < -0.4 is 0 Å². The molecule has 0 aromatic heterocycles. The number of nitrogens with zero attached hydrogens (tertiary/aromatic N) is 2. The molecule has 1 aromatic rings. The van der Waals surface area contributed by atoms with E-state index in [0.29, 0.717) is 51.9 Å². The molecule has 6 nitrogen and oxygen atoms in total. The van der Waals surface area contributed by atoms with Crippen molar-refractivity contribution < 1.29 is 19.1 Å². The minimum atomic E-state index is -0.178. The lowest BCUT2D eigenvalue weighted by molar-refractivity contribution is -0.150. The maximum atomic E-state index is 12.8. The van der Waals surface area contributed by atoms with E-state index in [9.17, 15) is 14.4 Å². The highest BCUT2D eigenvalue weighted by molar-refractivity contribution is 5.92. The number of piperidine rings is 2. The van der Waals surface area contributed by atoms with Gasteiger partial charge < -0.3 is 14.5 Å². The smallest absolute Gasteiger partial charge is 0.308 e. The van der Waals surface area contributed by atoms with Gasteiger partial charge in [0.05, 0.1) is 13.0 Å². The lowest BCUT2D eigenvalue weighted by Crippen LogP contribution is -2.47. The van der Waals surface area contributed by atoms with E-state index in [1.54, 1.807) is 6.08 Å². The molecule has 2 aliphatic rings. The van der Waals surface area contributed by atoms with Crippen molar-refractivity contribution >= 4 is 23.9 Å². The van der Waals surface area contributed by atoms with Gasteiger partial charge in [-0.15, -0.1) is 0 Å². The Balaban J connectivity index is 1.45. The number of esters is 1. The first-order valence-electron chi connectivity index (χ1n) is 9.97. The first kappa shape index (κ1) is 20.1. The lowest BCUT2D eigenvalue weighted by atomic mass is 9.92. The molecule has 0 unspecified atom stereocenters. The van der Waals surface area contributed by atoms with Gasteiger partial charge >= 0.3 is 5.97 Å². The number of rotatable bonds is 4. The molecule has 0 saturated carbocycles. The topological polar surface area (TPSA) is 66.9 Å². The van der Waals surface area contributed by atoms with Crippen molar-refractivity contribution in [1.82, 2.24) is 9.80 Å². The van der Waals surface area contributed by atoms with Crippen LogP contribution in [0.1, 0.15) is 31.2 Å². The Hall–Kier alpha value is -2.63. The standard InChI is InChI=1S/C22H28N2O4/c1-28-22(27)19-11-15-24(16-12-19)21(26)18-9-13-23(14-10-18)20(25)8-7-17-5-3-2-4-6-17/h2-8,18-19H,9-16H2,1H3. The van der Waals surface area contributed by atoms with Crippen LogP contribution in [-0.2, 0) is 19.1 Å². The minimum Gasteiger partial charge on any atom is -0.469 e. The zero-order valence-corrected chi connectivity index (χ0v) is 16.4. The number of hydrogen-bond acceptors (Lipinski definition) is 4. The molecule has 28 heavy (non-hydrogen) atoms. The van der Waals surface area contributed by atoms with Gasteiger partial charge in [0.2, 0.25) is 11.8 Å². The van der Waals surface area contributed by atoms with Gasteiger partial charge in [0.15, 0.2) is 0 Å². The van der Waals surface area contributed by atoms with Crippen LogP contribution in [0.4, 0.5) is 0 Å². The van der Waals surface area contributed by atoms with Gasteiger partial charge in [0, 0.05) is 38.2 Å². The summed E-state index contributed by atoms with van der Waals surface area (Å²) in [6, 6.07) is 9.74. The maximum Gasteiger partial charge on any atom is 0.308 e. The van der Waals surface area contributed by atoms with E-state index < -0.39 is 0 Å². The molecule has 150 valence electrons. The number of hydrogen-bond donors (Lipinski definition) is 0. The van der Waals surface area contributed by atoms with Crippen LogP contribution in [0.2, 0.25) is 0 Å². The fourth-order valence-electron chi connectivity index (χ4n) is 3.94. The summed E-state index contributed by atoms with van der Waals surface area (Å²) in [6.45, 7) is 2.43. The molecule has 0 aliphatic carbocycles. The predicted molar refractivity (Wildman–Crippen MR) is 106 cm³/mol. The predicted octanol–water partition coefficient (Wildman–Crippen LogP) is 2.35. The van der Waals surface area contributed by atoms with E-state index in [0.717, 1.165) is 5.56 Å². The molecule has 2 saturated heterocycles. The van der Waals surface area contributed by atoms with Crippen molar-refractivity contribution in [3.05, 3.63) is 42.0 Å². The number of ether oxygens (including phenoxy) is 1. The summed E-state index contributed by atoms with van der Waals surface area (Å²) < 4.78 is 4.80. The van der Waals surface area contributed by atoms with Crippen LogP contribution in [0.5, 0.6) is 0 Å². The number of carbonyl (C=O) groups excluding carboxylic acids is 3. The summed E-state index contributed by atoms with van der Waals surface area (Å²) in [4.78, 5) is 40.5. The Kier molecular flexibility index (Phi) is 6.85. The highest BCUT2D eigenvalue weighted by atomic mass is 16.5. The first-order valence-corrected chi connectivity index (χ1v) is 9.97. The van der Waals surface area contributed by atoms with Gasteiger partial charge in [-0.05, 0) is 37.3 Å². The fourth-order valence-corrected chi connectivity index (χ4v) is 3.94. The third kappa shape index (κ3) is 5.00. The zero-order valence-electron chi connectivity index (χ0n) is 16.4. The van der Waals surface area contributed by atoms with Crippen molar-refractivity contribution in [2.24, 2.45) is 11.8 Å². The third-order valence-corrected chi connectivity index (χ3v) is 5.71. The monoisotopic (exact) mass is 384 g/mol. The second-order valence-electron chi connectivity index (χ2n) is 7.47. The normalized spacial score (nSPS) is 19.0. The molecule has 0 N–H and O–H groups in total. The van der Waals surface area contributed by atoms with Gasteiger partial charge in [-0.1, -0.05) is 30.3 Å². The number of benzene rings is 1. The molecular weight excluding hydrogens is 356 g/mol. The second-order valence-corrected chi connectivity index (χ2v) is 7.47. The Morgan fingerprint density at radius 1 is 0.893 bits per heavy atom. The van der Waals surface area contributed by atoms with Gasteiger partial charge in [-0.2, -0.15) is 0 Å². The van der Waals surface area contributed by atoms with E-state index in [4.69, 9.17) is 4.74 Å². The van der Waals surface area contributed by atoms with Crippen molar-refractivity contribution in [3.8, 4) is 0 Å². The molecule has 0 radical (unpaired) electrons. The van der Waals surface area contributed by atoms with Gasteiger partial charge in [0.25, 0.3) is 0 Å². The highest BCUT2D eigenvalue weighted by Gasteiger charge is 2.33. The van der Waals surface area contributed by atoms with Crippen molar-refractivity contribution in [2.45, 2.75) is 25.7 Å². The summed E-state index contributed by atoms with van der Waals surface area (Å²) in [5, 5.41) is 0. The third-order valence-electron chi connectivity index (χ3n) is 5.71. The van der Waals surface area contributed by atoms with E-state index in [1.165, 1.54) is 7.11 Å². The van der Waals surface area contributed by atoms with Crippen molar-refractivity contribution in [2.75, 3.05) is 33.3 Å². The van der Waals surface area contributed by atoms with Gasteiger partial charge in [0.1, 0.15) is 0 Å². The fraction of sp³-hybridized carbons (Fsp3) is 0.500. The SMILES string of the molecule is COC(=O)C1CCN(C(=O)C2CCN(C(=O)C=Cc3ccccc3)CC2)CC1. The van der Waals surface area contributed by atoms with E-state index in [2.05, 4.69) is 0 Å². The van der Waals surface area contributed by atoms with Crippen LogP contribution in [0, 0.1) is 11.8 Å². The van der Waals surface area contributed by atoms with Crippen molar-refractivity contribution in [1.29, 1.82) is 0 Å². The molecule has 0 atom stereocenters. The molecule has 3 rings (SSSR count). The second kappa shape index (κ2) is 9.53. The molecule has 2 fully saturated rings. The summed E-state index contributed by atoms with van der Waals surface area (Å²) in [5.74, 6) is -0.145. The Morgan fingerprint density at radius 3 is 2.07 bits per heavy atom. The summed E-state index contributed by atoms with van der Waals surface area (Å²) in [7, 11) is 1.41. The van der Waals surface area contributed by atoms with Crippen LogP contribution in [-0.4, -0.2) is 60.9 Å². The minimum absolute atomic E-state index is 0.00588. The van der Waals surface area contributed by atoms with Crippen LogP contribution in [0.3, 0.4) is 0 Å². The van der Waals surface area contributed by atoms with E-state index in [1.807, 2.05) is 46.2 Å². The summed E-state index contributed by atoms with van der Waals surface area (Å²) in [5.41, 5.74) is 0.997. The van der Waals surface area contributed by atoms with Crippen LogP contribution in [0.25, 0.3) is 6.08 Å².